The van der Waals surface area contributed by atoms with Gasteiger partial charge in [0.05, 0.1) is 22.3 Å². The molecule has 2 aliphatic rings. The van der Waals surface area contributed by atoms with Gasteiger partial charge in [0.25, 0.3) is 0 Å². The fourth-order valence-electron chi connectivity index (χ4n) is 4.04. The Morgan fingerprint density at radius 3 is 2.62 bits per heavy atom. The van der Waals surface area contributed by atoms with Gasteiger partial charge in [-0.05, 0) is 30.9 Å². The molecule has 3 aromatic rings. The van der Waals surface area contributed by atoms with Gasteiger partial charge in [-0.2, -0.15) is 0 Å². The fourth-order valence-corrected chi connectivity index (χ4v) is 4.04. The number of fused-ring (bicyclic) bond motifs is 1. The molecule has 0 aliphatic heterocycles. The molecule has 7 heteroatoms. The molecule has 0 unspecified atom stereocenters. The zero-order valence-corrected chi connectivity index (χ0v) is 15.6. The van der Waals surface area contributed by atoms with Crippen LogP contribution in [0.3, 0.4) is 0 Å². The smallest absolute Gasteiger partial charge is 0.341 e. The van der Waals surface area contributed by atoms with Crippen molar-refractivity contribution in [3.05, 3.63) is 69.8 Å². The number of benzene rings is 2. The lowest BCUT2D eigenvalue weighted by Crippen LogP contribution is -2.21. The zero-order valence-electron chi connectivity index (χ0n) is 15.6. The van der Waals surface area contributed by atoms with Gasteiger partial charge in [0.1, 0.15) is 5.56 Å². The van der Waals surface area contributed by atoms with Crippen molar-refractivity contribution in [2.75, 3.05) is 11.1 Å². The van der Waals surface area contributed by atoms with Crippen LogP contribution in [0.5, 0.6) is 0 Å². The molecule has 0 bridgehead atoms. The number of carbonyl (C=O) groups is 1. The predicted octanol–water partition coefficient (Wildman–Crippen LogP) is 3.72. The minimum atomic E-state index is -1.34. The number of halogens is 1. The second kappa shape index (κ2) is 6.34. The molecule has 2 aliphatic carbocycles. The summed E-state index contributed by atoms with van der Waals surface area (Å²) in [4.78, 5) is 24.1. The number of nitrogens with zero attached hydrogens (tertiary/aromatic N) is 1. The van der Waals surface area contributed by atoms with Crippen LogP contribution in [0.2, 0.25) is 0 Å². The Morgan fingerprint density at radius 2 is 1.97 bits per heavy atom. The molecule has 2 aromatic carbocycles. The lowest BCUT2D eigenvalue weighted by molar-refractivity contribution is 0.0695. The Balaban J connectivity index is 1.59. The van der Waals surface area contributed by atoms with Crippen molar-refractivity contribution in [3.63, 3.8) is 0 Å². The summed E-state index contributed by atoms with van der Waals surface area (Å²) in [5.74, 6) is -1.75. The molecule has 2 fully saturated rings. The van der Waals surface area contributed by atoms with Gasteiger partial charge in [0.15, 0.2) is 5.82 Å². The molecule has 0 radical (unpaired) electrons. The van der Waals surface area contributed by atoms with Gasteiger partial charge in [-0.15, -0.1) is 0 Å². The highest BCUT2D eigenvalue weighted by Gasteiger charge is 2.39. The van der Waals surface area contributed by atoms with E-state index in [0.717, 1.165) is 19.3 Å². The maximum absolute atomic E-state index is 15.0. The van der Waals surface area contributed by atoms with Gasteiger partial charge in [-0.25, -0.2) is 9.18 Å². The van der Waals surface area contributed by atoms with Crippen molar-refractivity contribution in [1.29, 1.82) is 0 Å². The number of nitrogens with one attached hydrogen (secondary N) is 1. The first kappa shape index (κ1) is 17.7. The fraction of sp³-hybridized carbons (Fsp3) is 0.273. The van der Waals surface area contributed by atoms with Gasteiger partial charge in [-0.3, -0.25) is 4.79 Å². The van der Waals surface area contributed by atoms with Crippen molar-refractivity contribution in [3.8, 4) is 0 Å². The zero-order chi connectivity index (χ0) is 20.3. The maximum Gasteiger partial charge on any atom is 0.341 e. The molecule has 0 spiro atoms. The molecule has 1 heterocycles. The lowest BCUT2D eigenvalue weighted by atomic mass is 10.1. The Morgan fingerprint density at radius 1 is 1.24 bits per heavy atom. The van der Waals surface area contributed by atoms with E-state index in [9.17, 15) is 14.7 Å². The number of nitrogen functional groups attached to an aromatic ring is 1. The number of carboxylic acids is 1. The molecule has 29 heavy (non-hydrogen) atoms. The lowest BCUT2D eigenvalue weighted by Gasteiger charge is -2.16. The number of aromatic nitrogens is 1. The van der Waals surface area contributed by atoms with E-state index in [0.29, 0.717) is 11.4 Å². The predicted molar refractivity (Wildman–Crippen MR) is 109 cm³/mol. The number of anilines is 2. The topological polar surface area (TPSA) is 97.3 Å². The van der Waals surface area contributed by atoms with Crippen molar-refractivity contribution >= 4 is 28.2 Å². The Hall–Kier alpha value is -3.35. The minimum Gasteiger partial charge on any atom is -0.477 e. The summed E-state index contributed by atoms with van der Waals surface area (Å²) in [6.07, 6.45) is 4.01. The van der Waals surface area contributed by atoms with E-state index in [4.69, 9.17) is 5.73 Å². The van der Waals surface area contributed by atoms with Crippen LogP contribution < -0.4 is 16.5 Å². The molecule has 2 saturated carbocycles. The summed E-state index contributed by atoms with van der Waals surface area (Å²) in [6.45, 7) is 0. The summed E-state index contributed by atoms with van der Waals surface area (Å²) in [7, 11) is 0. The highest BCUT2D eigenvalue weighted by atomic mass is 19.1. The molecular formula is C22H20FN3O3. The summed E-state index contributed by atoms with van der Waals surface area (Å²) in [6, 6.07) is 11.8. The van der Waals surface area contributed by atoms with Crippen LogP contribution in [-0.4, -0.2) is 21.7 Å². The average Bonchev–Trinajstić information content (AvgIpc) is 3.61. The monoisotopic (exact) mass is 393 g/mol. The van der Waals surface area contributed by atoms with Gasteiger partial charge in [-0.1, -0.05) is 30.3 Å². The van der Waals surface area contributed by atoms with E-state index in [1.165, 1.54) is 11.8 Å². The largest absolute Gasteiger partial charge is 0.477 e. The Labute approximate surface area is 165 Å². The maximum atomic E-state index is 15.0. The standard InChI is InChI=1S/C22H20FN3O3/c23-19-16(25-15-8-13(15)11-4-2-1-3-5-11)9-17-18(20(19)24)21(27)14(22(28)29)10-26(17)12-6-7-12/h1-5,9-10,12-13,15,25H,6-8,24H2,(H,28,29)/t13-,15+/m0/s1. The number of hydrogen-bond donors (Lipinski definition) is 3. The van der Waals surface area contributed by atoms with E-state index >= 15 is 4.39 Å². The minimum absolute atomic E-state index is 0.0599. The highest BCUT2D eigenvalue weighted by molar-refractivity contribution is 5.99. The van der Waals surface area contributed by atoms with Crippen LogP contribution in [0.4, 0.5) is 15.8 Å². The van der Waals surface area contributed by atoms with Crippen LogP contribution in [0.1, 0.15) is 47.1 Å². The SMILES string of the molecule is Nc1c(F)c(N[C@@H]2C[C@H]2c2ccccc2)cc2c1c(=O)c(C(=O)O)cn2C1CC1. The second-order valence-electron chi connectivity index (χ2n) is 7.87. The van der Waals surface area contributed by atoms with Crippen molar-refractivity contribution in [2.45, 2.75) is 37.3 Å². The van der Waals surface area contributed by atoms with Gasteiger partial charge in [0.2, 0.25) is 5.43 Å². The third kappa shape index (κ3) is 2.93. The third-order valence-electron chi connectivity index (χ3n) is 5.83. The molecule has 0 saturated heterocycles. The molecule has 148 valence electrons. The first-order valence-corrected chi connectivity index (χ1v) is 9.67. The second-order valence-corrected chi connectivity index (χ2v) is 7.87. The van der Waals surface area contributed by atoms with Gasteiger partial charge < -0.3 is 20.7 Å². The van der Waals surface area contributed by atoms with Gasteiger partial charge >= 0.3 is 5.97 Å². The van der Waals surface area contributed by atoms with Crippen LogP contribution in [0.15, 0.2) is 47.4 Å². The molecule has 5 rings (SSSR count). The summed E-state index contributed by atoms with van der Waals surface area (Å²) < 4.78 is 16.8. The van der Waals surface area contributed by atoms with E-state index in [1.54, 1.807) is 10.6 Å². The van der Waals surface area contributed by atoms with Crippen molar-refractivity contribution < 1.29 is 14.3 Å². The molecule has 1 aromatic heterocycles. The van der Waals surface area contributed by atoms with Gasteiger partial charge in [0, 0.05) is 24.2 Å². The summed E-state index contributed by atoms with van der Waals surface area (Å²) in [5, 5.41) is 12.5. The van der Waals surface area contributed by atoms with E-state index in [2.05, 4.69) is 17.4 Å². The quantitative estimate of drug-likeness (QED) is 0.574. The number of aromatic carboxylic acids is 1. The van der Waals surface area contributed by atoms with Crippen LogP contribution >= 0.6 is 0 Å². The Bertz CT molecular complexity index is 1200. The first-order valence-electron chi connectivity index (χ1n) is 9.67. The molecule has 4 N–H and O–H groups in total. The molecule has 0 amide bonds. The number of nitrogens with two attached hydrogens (primary N) is 1. The van der Waals surface area contributed by atoms with Crippen molar-refractivity contribution in [2.24, 2.45) is 0 Å². The van der Waals surface area contributed by atoms with Crippen LogP contribution in [-0.2, 0) is 0 Å². The number of rotatable bonds is 5. The molecule has 6 nitrogen and oxygen atoms in total. The van der Waals surface area contributed by atoms with Crippen LogP contribution in [0.25, 0.3) is 10.9 Å². The third-order valence-corrected chi connectivity index (χ3v) is 5.83. The first-order chi connectivity index (χ1) is 14.0. The van der Waals surface area contributed by atoms with Crippen molar-refractivity contribution in [1.82, 2.24) is 4.57 Å². The number of hydrogen-bond acceptors (Lipinski definition) is 4. The normalized spacial score (nSPS) is 20.6. The van der Waals surface area contributed by atoms with E-state index in [1.807, 2.05) is 18.2 Å². The molecule has 2 atom stereocenters. The summed E-state index contributed by atoms with van der Waals surface area (Å²) >= 11 is 0. The van der Waals surface area contributed by atoms with E-state index < -0.39 is 17.2 Å². The highest BCUT2D eigenvalue weighted by Crippen LogP contribution is 2.44. The number of pyridine rings is 1. The number of carboxylic acid groups (broad SMARTS) is 1. The van der Waals surface area contributed by atoms with E-state index in [-0.39, 0.29) is 34.4 Å². The summed E-state index contributed by atoms with van der Waals surface area (Å²) in [5.41, 5.74) is 6.48. The molecular weight excluding hydrogens is 373 g/mol. The average molecular weight is 393 g/mol. The Kier molecular flexibility index (Phi) is 3.87. The van der Waals surface area contributed by atoms with Crippen LogP contribution in [0, 0.1) is 5.82 Å².